The third-order valence-corrected chi connectivity index (χ3v) is 6.06. The molecule has 8 heteroatoms. The van der Waals surface area contributed by atoms with Gasteiger partial charge in [0.2, 0.25) is 0 Å². The van der Waals surface area contributed by atoms with Gasteiger partial charge in [-0.25, -0.2) is 9.56 Å². The summed E-state index contributed by atoms with van der Waals surface area (Å²) < 4.78 is 1.98. The monoisotopic (exact) mass is 459 g/mol. The van der Waals surface area contributed by atoms with Gasteiger partial charge in [-0.15, -0.1) is 0 Å². The van der Waals surface area contributed by atoms with Gasteiger partial charge in [0.05, 0.1) is 5.56 Å². The minimum atomic E-state index is -0.165. The standard InChI is InChI=1S/C26H33N7O/c1-19-14-22(16-29-25(19)33-12-10-31(3)11-13-33)26(34)30-23-7-5-6-21(15-23)20(2)27-8-9-28-24-17-32(4)18-24/h5-9,14-18,20,28H,10-13H2,1-4H3,(H,30,34). The van der Waals surface area contributed by atoms with Crippen LogP contribution < -0.4 is 15.5 Å². The third-order valence-electron chi connectivity index (χ3n) is 6.06. The molecule has 0 radical (unpaired) electrons. The number of hydrogen-bond donors (Lipinski definition) is 2. The summed E-state index contributed by atoms with van der Waals surface area (Å²) in [6, 6.07) is 9.68. The van der Waals surface area contributed by atoms with Gasteiger partial charge in [-0.2, -0.15) is 6.20 Å². The van der Waals surface area contributed by atoms with Crippen LogP contribution in [0, 0.1) is 6.92 Å². The molecule has 1 aromatic heterocycles. The third kappa shape index (κ3) is 5.82. The van der Waals surface area contributed by atoms with Crippen LogP contribution in [0.4, 0.5) is 11.5 Å². The zero-order valence-electron chi connectivity index (χ0n) is 20.3. The van der Waals surface area contributed by atoms with Crippen molar-refractivity contribution in [2.45, 2.75) is 19.9 Å². The Morgan fingerprint density at radius 3 is 2.71 bits per heavy atom. The molecule has 1 atom stereocenters. The smallest absolute Gasteiger partial charge is 0.257 e. The number of aromatic nitrogens is 1. The molecule has 8 nitrogen and oxygen atoms in total. The molecule has 0 spiro atoms. The summed E-state index contributed by atoms with van der Waals surface area (Å²) in [5.74, 6) is 0.796. The fourth-order valence-electron chi connectivity index (χ4n) is 4.01. The van der Waals surface area contributed by atoms with Gasteiger partial charge >= 0.3 is 0 Å². The van der Waals surface area contributed by atoms with Gasteiger partial charge in [0.25, 0.3) is 5.91 Å². The number of aryl methyl sites for hydroxylation is 1. The van der Waals surface area contributed by atoms with Crippen molar-refractivity contribution in [1.29, 1.82) is 0 Å². The number of likely N-dealkylation sites (N-methyl/N-ethyl adjacent to an activating group) is 1. The van der Waals surface area contributed by atoms with E-state index in [0.717, 1.165) is 54.5 Å². The molecule has 34 heavy (non-hydrogen) atoms. The molecule has 0 bridgehead atoms. The number of allylic oxidation sites excluding steroid dienone is 1. The number of pyridine rings is 1. The zero-order chi connectivity index (χ0) is 24.1. The maximum absolute atomic E-state index is 12.9. The van der Waals surface area contributed by atoms with E-state index in [1.165, 1.54) is 0 Å². The van der Waals surface area contributed by atoms with E-state index in [4.69, 9.17) is 0 Å². The average molecular weight is 460 g/mol. The Bertz CT molecular complexity index is 1130. The van der Waals surface area contributed by atoms with Gasteiger partial charge < -0.3 is 25.8 Å². The van der Waals surface area contributed by atoms with E-state index in [1.54, 1.807) is 12.4 Å². The Morgan fingerprint density at radius 2 is 2.00 bits per heavy atom. The van der Waals surface area contributed by atoms with E-state index in [-0.39, 0.29) is 11.9 Å². The number of carbonyl (C=O) groups excluding carboxylic acids is 1. The van der Waals surface area contributed by atoms with E-state index in [1.807, 2.05) is 74.4 Å². The lowest BCUT2D eigenvalue weighted by Crippen LogP contribution is -2.45. The molecule has 2 aromatic rings. The zero-order valence-corrected chi connectivity index (χ0v) is 20.3. The van der Waals surface area contributed by atoms with Crippen LogP contribution in [-0.4, -0.2) is 66.9 Å². The molecule has 4 rings (SSSR count). The quantitative estimate of drug-likeness (QED) is 0.591. The van der Waals surface area contributed by atoms with Crippen LogP contribution in [-0.2, 0) is 0 Å². The number of anilines is 2. The topological polar surface area (TPSA) is 77.6 Å². The van der Waals surface area contributed by atoms with Crippen LogP contribution in [0.5, 0.6) is 0 Å². The van der Waals surface area contributed by atoms with Gasteiger partial charge in [-0.05, 0) is 43.9 Å². The number of amides is 1. The molecule has 3 heterocycles. The number of carbonyl (C=O) groups is 1. The predicted molar refractivity (Wildman–Crippen MR) is 137 cm³/mol. The Morgan fingerprint density at radius 1 is 1.24 bits per heavy atom. The van der Waals surface area contributed by atoms with Gasteiger partial charge in [-0.1, -0.05) is 30.7 Å². The van der Waals surface area contributed by atoms with Crippen LogP contribution >= 0.6 is 0 Å². The minimum absolute atomic E-state index is 0.0382. The first kappa shape index (κ1) is 23.5. The number of rotatable bonds is 8. The molecule has 1 fully saturated rings. The molecule has 2 aliphatic heterocycles. The lowest BCUT2D eigenvalue weighted by molar-refractivity contribution is -0.429. The normalized spacial score (nSPS) is 17.0. The first-order valence-electron chi connectivity index (χ1n) is 11.6. The molecule has 2 N–H and O–H groups in total. The lowest BCUT2D eigenvalue weighted by atomic mass is 10.1. The lowest BCUT2D eigenvalue weighted by Gasteiger charge is -2.34. The summed E-state index contributed by atoms with van der Waals surface area (Å²) >= 11 is 0. The van der Waals surface area contributed by atoms with E-state index in [2.05, 4.69) is 37.8 Å². The van der Waals surface area contributed by atoms with Crippen molar-refractivity contribution < 1.29 is 9.37 Å². The average Bonchev–Trinajstić information content (AvgIpc) is 2.81. The van der Waals surface area contributed by atoms with Crippen molar-refractivity contribution in [2.75, 3.05) is 50.5 Å². The Kier molecular flexibility index (Phi) is 7.27. The van der Waals surface area contributed by atoms with Crippen LogP contribution in [0.25, 0.3) is 5.32 Å². The molecule has 1 saturated heterocycles. The summed E-state index contributed by atoms with van der Waals surface area (Å²) in [7, 11) is 4.11. The Labute approximate surface area is 201 Å². The summed E-state index contributed by atoms with van der Waals surface area (Å²) in [5, 5.41) is 10.7. The second kappa shape index (κ2) is 10.5. The molecule has 1 amide bonds. The van der Waals surface area contributed by atoms with E-state index < -0.39 is 0 Å². The van der Waals surface area contributed by atoms with Crippen LogP contribution in [0.2, 0.25) is 0 Å². The highest BCUT2D eigenvalue weighted by atomic mass is 16.1. The number of benzene rings is 1. The number of nitrogens with zero attached hydrogens (tertiary/aromatic N) is 5. The first-order chi connectivity index (χ1) is 16.4. The molecule has 0 saturated carbocycles. The second-order valence-corrected chi connectivity index (χ2v) is 8.90. The Hall–Kier alpha value is -3.65. The maximum atomic E-state index is 12.9. The van der Waals surface area contributed by atoms with Crippen LogP contribution in [0.3, 0.4) is 0 Å². The molecular formula is C26H33N7O. The first-order valence-corrected chi connectivity index (χ1v) is 11.6. The van der Waals surface area contributed by atoms with Crippen molar-refractivity contribution in [3.8, 4) is 0 Å². The highest BCUT2D eigenvalue weighted by Crippen LogP contribution is 2.25. The fourth-order valence-corrected chi connectivity index (χ4v) is 4.01. The van der Waals surface area contributed by atoms with E-state index >= 15 is 0 Å². The van der Waals surface area contributed by atoms with Crippen LogP contribution in [0.15, 0.2) is 60.8 Å². The van der Waals surface area contributed by atoms with Crippen molar-refractivity contribution >= 4 is 23.6 Å². The molecule has 1 unspecified atom stereocenters. The fraction of sp³-hybridized carbons (Fsp3) is 0.346. The van der Waals surface area contributed by atoms with E-state index in [0.29, 0.717) is 5.56 Å². The molecule has 1 aromatic carbocycles. The minimum Gasteiger partial charge on any atom is -0.683 e. The van der Waals surface area contributed by atoms with E-state index in [9.17, 15) is 4.79 Å². The highest BCUT2D eigenvalue weighted by molar-refractivity contribution is 6.04. The highest BCUT2D eigenvalue weighted by Gasteiger charge is 2.18. The van der Waals surface area contributed by atoms with Crippen molar-refractivity contribution in [2.24, 2.45) is 0 Å². The summed E-state index contributed by atoms with van der Waals surface area (Å²) in [5.41, 5.74) is 4.38. The number of hydrogen-bond acceptors (Lipinski definition) is 5. The van der Waals surface area contributed by atoms with Gasteiger partial charge in [-0.3, -0.25) is 4.79 Å². The predicted octanol–water partition coefficient (Wildman–Crippen LogP) is 3.46. The summed E-state index contributed by atoms with van der Waals surface area (Å²) in [6.07, 6.45) is 9.24. The SMILES string of the molecule is Cc1cc(C(=O)Nc2cccc(C(C)[N-]C=CNC3=C[N+](C)=C3)c2)cnc1N1CCN(C)CC1. The van der Waals surface area contributed by atoms with Crippen molar-refractivity contribution in [3.05, 3.63) is 82.8 Å². The molecule has 0 aliphatic carbocycles. The Balaban J connectivity index is 1.34. The number of piperazine rings is 1. The summed E-state index contributed by atoms with van der Waals surface area (Å²) in [4.78, 5) is 22.1. The molecular weight excluding hydrogens is 426 g/mol. The van der Waals surface area contributed by atoms with Crippen molar-refractivity contribution in [3.63, 3.8) is 0 Å². The summed E-state index contributed by atoms with van der Waals surface area (Å²) in [6.45, 7) is 7.98. The van der Waals surface area contributed by atoms with Gasteiger partial charge in [0.1, 0.15) is 12.9 Å². The van der Waals surface area contributed by atoms with Crippen LogP contribution in [0.1, 0.15) is 34.5 Å². The largest absolute Gasteiger partial charge is 0.683 e. The van der Waals surface area contributed by atoms with Gasteiger partial charge in [0.15, 0.2) is 18.1 Å². The van der Waals surface area contributed by atoms with Crippen molar-refractivity contribution in [1.82, 2.24) is 15.2 Å². The number of nitrogens with one attached hydrogen (secondary N) is 2. The van der Waals surface area contributed by atoms with Gasteiger partial charge in [0, 0.05) is 38.1 Å². The second-order valence-electron chi connectivity index (χ2n) is 8.90. The maximum Gasteiger partial charge on any atom is 0.257 e. The molecule has 178 valence electrons. The molecule has 2 aliphatic rings.